The van der Waals surface area contributed by atoms with Gasteiger partial charge in [-0.3, -0.25) is 9.59 Å². The summed E-state index contributed by atoms with van der Waals surface area (Å²) in [5, 5.41) is 5.41. The summed E-state index contributed by atoms with van der Waals surface area (Å²) < 4.78 is 9.63. The van der Waals surface area contributed by atoms with Crippen LogP contribution < -0.4 is 15.4 Å². The highest BCUT2D eigenvalue weighted by molar-refractivity contribution is 6.07. The van der Waals surface area contributed by atoms with Gasteiger partial charge in [0.05, 0.1) is 18.0 Å². The van der Waals surface area contributed by atoms with Crippen LogP contribution in [0.5, 0.6) is 5.75 Å². The summed E-state index contributed by atoms with van der Waals surface area (Å²) in [6.07, 6.45) is -0.598. The van der Waals surface area contributed by atoms with Crippen LogP contribution in [0.25, 0.3) is 0 Å². The molecule has 2 rings (SSSR count). The lowest BCUT2D eigenvalue weighted by Crippen LogP contribution is -2.17. The van der Waals surface area contributed by atoms with Crippen molar-refractivity contribution in [2.45, 2.75) is 26.7 Å². The number of amides is 2. The third-order valence-electron chi connectivity index (χ3n) is 3.73. The van der Waals surface area contributed by atoms with Gasteiger partial charge in [-0.2, -0.15) is 0 Å². The molecule has 8 nitrogen and oxygen atoms in total. The number of ether oxygens (including phenoxy) is 2. The molecule has 29 heavy (non-hydrogen) atoms. The Morgan fingerprint density at radius 1 is 0.862 bits per heavy atom. The van der Waals surface area contributed by atoms with Crippen molar-refractivity contribution in [3.05, 3.63) is 54.1 Å². The zero-order valence-electron chi connectivity index (χ0n) is 16.2. The summed E-state index contributed by atoms with van der Waals surface area (Å²) in [5.74, 6) is -0.546. The lowest BCUT2D eigenvalue weighted by Gasteiger charge is -2.12. The van der Waals surface area contributed by atoms with Crippen molar-refractivity contribution in [2.24, 2.45) is 0 Å². The summed E-state index contributed by atoms with van der Waals surface area (Å²) >= 11 is 0. The summed E-state index contributed by atoms with van der Waals surface area (Å²) in [5.41, 5.74) is 1.18. The van der Waals surface area contributed by atoms with Gasteiger partial charge in [0.2, 0.25) is 5.91 Å². The molecule has 152 valence electrons. The highest BCUT2D eigenvalue weighted by Crippen LogP contribution is 2.22. The van der Waals surface area contributed by atoms with Crippen molar-refractivity contribution in [3.63, 3.8) is 0 Å². The fraction of sp³-hybridized carbons (Fsp3) is 0.238. The van der Waals surface area contributed by atoms with E-state index in [0.717, 1.165) is 0 Å². The van der Waals surface area contributed by atoms with Crippen LogP contribution >= 0.6 is 0 Å². The average Bonchev–Trinajstić information content (AvgIpc) is 2.68. The quantitative estimate of drug-likeness (QED) is 0.517. The number of carbonyl (C=O) groups excluding carboxylic acids is 4. The van der Waals surface area contributed by atoms with Crippen LogP contribution in [0.15, 0.2) is 48.5 Å². The maximum Gasteiger partial charge on any atom is 0.513 e. The molecule has 0 fully saturated rings. The third kappa shape index (κ3) is 7.10. The summed E-state index contributed by atoms with van der Waals surface area (Å²) in [7, 11) is 0. The number of Topliss-reactive ketones (excluding diaryl/α,β-unsaturated/α-hetero) is 1. The molecule has 0 aliphatic carbocycles. The van der Waals surface area contributed by atoms with E-state index in [1.165, 1.54) is 31.2 Å². The molecule has 0 bridgehead atoms. The largest absolute Gasteiger partial charge is 0.513 e. The summed E-state index contributed by atoms with van der Waals surface area (Å²) in [4.78, 5) is 46.8. The molecule has 0 aliphatic heterocycles. The highest BCUT2D eigenvalue weighted by atomic mass is 16.7. The van der Waals surface area contributed by atoms with Crippen LogP contribution in [0, 0.1) is 0 Å². The van der Waals surface area contributed by atoms with Gasteiger partial charge in [-0.25, -0.2) is 4.79 Å². The number of para-hydroxylation sites is 2. The Morgan fingerprint density at radius 3 is 2.07 bits per heavy atom. The number of ketones is 1. The van der Waals surface area contributed by atoms with E-state index in [-0.39, 0.29) is 36.9 Å². The van der Waals surface area contributed by atoms with Gasteiger partial charge in [0.1, 0.15) is 11.5 Å². The van der Waals surface area contributed by atoms with Crippen LogP contribution in [0.2, 0.25) is 0 Å². The van der Waals surface area contributed by atoms with E-state index in [2.05, 4.69) is 15.4 Å². The van der Waals surface area contributed by atoms with Crippen molar-refractivity contribution >= 4 is 35.1 Å². The Labute approximate surface area is 168 Å². The molecule has 0 radical (unpaired) electrons. The first-order valence-corrected chi connectivity index (χ1v) is 9.03. The van der Waals surface area contributed by atoms with E-state index < -0.39 is 12.1 Å². The van der Waals surface area contributed by atoms with Crippen LogP contribution in [0.4, 0.5) is 16.2 Å². The van der Waals surface area contributed by atoms with E-state index in [1.807, 2.05) is 0 Å². The Hall–Kier alpha value is -3.68. The number of rotatable bonds is 8. The monoisotopic (exact) mass is 398 g/mol. The lowest BCUT2D eigenvalue weighted by molar-refractivity contribution is -0.121. The smallest absolute Gasteiger partial charge is 0.434 e. The minimum Gasteiger partial charge on any atom is -0.434 e. The first-order valence-electron chi connectivity index (χ1n) is 9.03. The Bertz CT molecular complexity index is 892. The van der Waals surface area contributed by atoms with Crippen LogP contribution in [0.1, 0.15) is 37.0 Å². The molecule has 2 amide bonds. The molecule has 0 aliphatic rings. The average molecular weight is 398 g/mol. The standard InChI is InChI=1S/C21H22N2O6/c1-3-28-21(27)29-16-11-9-15(10-12-16)20(26)23-18-7-5-4-6-17(18)22-19(25)13-8-14(2)24/h4-7,9-12H,3,8,13H2,1-2H3,(H,22,25)(H,23,26). The second-order valence-corrected chi connectivity index (χ2v) is 6.06. The lowest BCUT2D eigenvalue weighted by atomic mass is 10.2. The molecule has 2 aromatic carbocycles. The van der Waals surface area contributed by atoms with E-state index in [0.29, 0.717) is 16.9 Å². The topological polar surface area (TPSA) is 111 Å². The summed E-state index contributed by atoms with van der Waals surface area (Å²) in [6, 6.07) is 12.7. The molecule has 2 aromatic rings. The molecule has 8 heteroatoms. The van der Waals surface area contributed by atoms with Gasteiger partial charge in [0, 0.05) is 18.4 Å². The van der Waals surface area contributed by atoms with Gasteiger partial charge in [-0.15, -0.1) is 0 Å². The first kappa shape index (κ1) is 21.6. The van der Waals surface area contributed by atoms with Crippen molar-refractivity contribution in [3.8, 4) is 5.75 Å². The van der Waals surface area contributed by atoms with E-state index >= 15 is 0 Å². The minimum atomic E-state index is -0.820. The molecular formula is C21H22N2O6. The fourth-order valence-corrected chi connectivity index (χ4v) is 2.32. The molecule has 0 heterocycles. The van der Waals surface area contributed by atoms with Gasteiger partial charge in [-0.1, -0.05) is 12.1 Å². The Balaban J connectivity index is 2.02. The maximum absolute atomic E-state index is 12.5. The second-order valence-electron chi connectivity index (χ2n) is 6.06. The van der Waals surface area contributed by atoms with Gasteiger partial charge in [0.15, 0.2) is 0 Å². The third-order valence-corrected chi connectivity index (χ3v) is 3.73. The van der Waals surface area contributed by atoms with Crippen molar-refractivity contribution in [1.29, 1.82) is 0 Å². The van der Waals surface area contributed by atoms with Crippen molar-refractivity contribution in [1.82, 2.24) is 0 Å². The molecule has 2 N–H and O–H groups in total. The van der Waals surface area contributed by atoms with Crippen molar-refractivity contribution in [2.75, 3.05) is 17.2 Å². The number of benzene rings is 2. The predicted molar refractivity (Wildman–Crippen MR) is 107 cm³/mol. The summed E-state index contributed by atoms with van der Waals surface area (Å²) in [6.45, 7) is 3.28. The van der Waals surface area contributed by atoms with Crippen LogP contribution in [0.3, 0.4) is 0 Å². The van der Waals surface area contributed by atoms with Crippen LogP contribution in [-0.2, 0) is 14.3 Å². The zero-order valence-corrected chi connectivity index (χ0v) is 16.2. The molecule has 0 aromatic heterocycles. The maximum atomic E-state index is 12.5. The zero-order chi connectivity index (χ0) is 21.2. The van der Waals surface area contributed by atoms with E-state index in [4.69, 9.17) is 4.74 Å². The Kier molecular flexibility index (Phi) is 7.90. The van der Waals surface area contributed by atoms with Crippen LogP contribution in [-0.4, -0.2) is 30.4 Å². The van der Waals surface area contributed by atoms with Gasteiger partial charge >= 0.3 is 6.16 Å². The number of hydrogen-bond donors (Lipinski definition) is 2. The molecule has 0 atom stereocenters. The van der Waals surface area contributed by atoms with Crippen molar-refractivity contribution < 1.29 is 28.7 Å². The van der Waals surface area contributed by atoms with Gasteiger partial charge in [-0.05, 0) is 50.2 Å². The normalized spacial score (nSPS) is 10.0. The molecule has 0 spiro atoms. The Morgan fingerprint density at radius 2 is 1.48 bits per heavy atom. The number of nitrogens with one attached hydrogen (secondary N) is 2. The molecule has 0 saturated heterocycles. The van der Waals surface area contributed by atoms with E-state index in [1.54, 1.807) is 31.2 Å². The van der Waals surface area contributed by atoms with Gasteiger partial charge in [0.25, 0.3) is 5.91 Å². The predicted octanol–water partition coefficient (Wildman–Crippen LogP) is 3.78. The first-order chi connectivity index (χ1) is 13.9. The molecule has 0 saturated carbocycles. The SMILES string of the molecule is CCOC(=O)Oc1ccc(C(=O)Nc2ccccc2NC(=O)CCC(C)=O)cc1. The number of anilines is 2. The number of carbonyl (C=O) groups is 4. The number of hydrogen-bond acceptors (Lipinski definition) is 6. The van der Waals surface area contributed by atoms with Gasteiger partial charge < -0.3 is 24.9 Å². The highest BCUT2D eigenvalue weighted by Gasteiger charge is 2.12. The molecule has 0 unspecified atom stereocenters. The second kappa shape index (κ2) is 10.6. The molecular weight excluding hydrogens is 376 g/mol. The minimum absolute atomic E-state index is 0.0690. The fourth-order valence-electron chi connectivity index (χ4n) is 2.32. The van der Waals surface area contributed by atoms with E-state index in [9.17, 15) is 19.2 Å².